The Morgan fingerprint density at radius 1 is 0.722 bits per heavy atom. The second-order valence-electron chi connectivity index (χ2n) is 7.90. The molecule has 36 heavy (non-hydrogen) atoms. The first-order valence-electron chi connectivity index (χ1n) is 11.8. The maximum Gasteiger partial charge on any atom is 0.343 e. The third kappa shape index (κ3) is 8.92. The molecule has 0 heterocycles. The number of aliphatic hydroxyl groups excluding tert-OH is 1. The summed E-state index contributed by atoms with van der Waals surface area (Å²) in [6, 6.07) is 20.2. The van der Waals surface area contributed by atoms with E-state index in [0.29, 0.717) is 29.4 Å². The minimum atomic E-state index is -0.535. The number of esters is 2. The maximum atomic E-state index is 12.3. The van der Waals surface area contributed by atoms with E-state index in [1.807, 2.05) is 24.3 Å². The summed E-state index contributed by atoms with van der Waals surface area (Å²) >= 11 is 0. The molecule has 1 N–H and O–H groups in total. The van der Waals surface area contributed by atoms with Crippen LogP contribution in [0.2, 0.25) is 0 Å². The van der Waals surface area contributed by atoms with Crippen molar-refractivity contribution in [1.29, 1.82) is 0 Å². The summed E-state index contributed by atoms with van der Waals surface area (Å²) in [5.41, 5.74) is 1.16. The van der Waals surface area contributed by atoms with Crippen LogP contribution in [0.25, 0.3) is 6.08 Å². The molecule has 0 aliphatic heterocycles. The van der Waals surface area contributed by atoms with Crippen LogP contribution in [0.1, 0.15) is 41.6 Å². The minimum Gasteiger partial charge on any atom is -0.497 e. The van der Waals surface area contributed by atoms with Crippen molar-refractivity contribution in [2.24, 2.45) is 0 Å². The molecular weight excluding hydrogens is 460 g/mol. The van der Waals surface area contributed by atoms with Gasteiger partial charge in [-0.2, -0.15) is 0 Å². The molecule has 3 aromatic carbocycles. The van der Waals surface area contributed by atoms with Crippen LogP contribution in [0.3, 0.4) is 0 Å². The van der Waals surface area contributed by atoms with Gasteiger partial charge >= 0.3 is 11.9 Å². The van der Waals surface area contributed by atoms with Gasteiger partial charge in [-0.25, -0.2) is 9.59 Å². The molecule has 0 bridgehead atoms. The number of aliphatic hydroxyl groups is 1. The highest BCUT2D eigenvalue weighted by molar-refractivity contribution is 5.92. The highest BCUT2D eigenvalue weighted by Gasteiger charge is 2.10. The first kappa shape index (κ1) is 26.5. The lowest BCUT2D eigenvalue weighted by Gasteiger charge is -2.07. The summed E-state index contributed by atoms with van der Waals surface area (Å²) in [4.78, 5) is 24.5. The van der Waals surface area contributed by atoms with Gasteiger partial charge in [0.15, 0.2) is 0 Å². The van der Waals surface area contributed by atoms with Gasteiger partial charge in [-0.1, -0.05) is 18.6 Å². The number of unbranched alkanes of at least 4 members (excludes halogenated alkanes) is 3. The Kier molecular flexibility index (Phi) is 10.6. The van der Waals surface area contributed by atoms with E-state index in [1.165, 1.54) is 30.3 Å². The van der Waals surface area contributed by atoms with Crippen LogP contribution in [-0.2, 0) is 4.79 Å². The van der Waals surface area contributed by atoms with Gasteiger partial charge in [-0.3, -0.25) is 0 Å². The first-order valence-corrected chi connectivity index (χ1v) is 11.8. The molecule has 0 aliphatic carbocycles. The van der Waals surface area contributed by atoms with Gasteiger partial charge in [0.25, 0.3) is 0 Å². The van der Waals surface area contributed by atoms with Crippen molar-refractivity contribution in [2.45, 2.75) is 25.7 Å². The number of carbonyl (C=O) groups is 2. The predicted octanol–water partition coefficient (Wildman–Crippen LogP) is 5.46. The zero-order chi connectivity index (χ0) is 25.6. The largest absolute Gasteiger partial charge is 0.497 e. The molecule has 0 saturated carbocycles. The molecule has 0 spiro atoms. The number of ether oxygens (including phenoxy) is 4. The third-order valence-corrected chi connectivity index (χ3v) is 5.19. The lowest BCUT2D eigenvalue weighted by atomic mass is 10.2. The molecule has 3 aromatic rings. The van der Waals surface area contributed by atoms with E-state index in [1.54, 1.807) is 37.5 Å². The van der Waals surface area contributed by atoms with Crippen LogP contribution in [0, 0.1) is 0 Å². The molecule has 3 rings (SSSR count). The lowest BCUT2D eigenvalue weighted by molar-refractivity contribution is -0.128. The van der Waals surface area contributed by atoms with Gasteiger partial charge in [0.1, 0.15) is 23.0 Å². The topological polar surface area (TPSA) is 91.3 Å². The Balaban J connectivity index is 1.43. The molecule has 0 aliphatic rings. The van der Waals surface area contributed by atoms with Gasteiger partial charge in [-0.05, 0) is 91.6 Å². The second-order valence-corrected chi connectivity index (χ2v) is 7.90. The number of hydrogen-bond acceptors (Lipinski definition) is 7. The highest BCUT2D eigenvalue weighted by Crippen LogP contribution is 2.20. The summed E-state index contributed by atoms with van der Waals surface area (Å²) in [6.45, 7) is 0.864. The van der Waals surface area contributed by atoms with Crippen LogP contribution in [0.4, 0.5) is 0 Å². The number of benzene rings is 3. The van der Waals surface area contributed by atoms with Crippen molar-refractivity contribution in [3.63, 3.8) is 0 Å². The SMILES string of the molecule is COc1ccc(OC(=O)c2ccc(OC(=O)/C=C/c3ccc(OCCCCCCO)cc3)cc2)cc1. The van der Waals surface area contributed by atoms with E-state index in [-0.39, 0.29) is 6.61 Å². The van der Waals surface area contributed by atoms with Crippen molar-refractivity contribution in [1.82, 2.24) is 0 Å². The number of methoxy groups -OCH3 is 1. The van der Waals surface area contributed by atoms with Crippen molar-refractivity contribution >= 4 is 18.0 Å². The summed E-state index contributed by atoms with van der Waals surface area (Å²) < 4.78 is 21.4. The van der Waals surface area contributed by atoms with Gasteiger partial charge in [-0.15, -0.1) is 0 Å². The molecule has 0 radical (unpaired) electrons. The summed E-state index contributed by atoms with van der Waals surface area (Å²) in [6.07, 6.45) is 6.79. The van der Waals surface area contributed by atoms with Crippen LogP contribution >= 0.6 is 0 Å². The monoisotopic (exact) mass is 490 g/mol. The fourth-order valence-corrected chi connectivity index (χ4v) is 3.22. The average molecular weight is 491 g/mol. The maximum absolute atomic E-state index is 12.3. The van der Waals surface area contributed by atoms with Crippen molar-refractivity contribution in [3.05, 3.63) is 90.0 Å². The highest BCUT2D eigenvalue weighted by atomic mass is 16.5. The van der Waals surface area contributed by atoms with E-state index in [2.05, 4.69) is 0 Å². The molecule has 188 valence electrons. The van der Waals surface area contributed by atoms with Crippen LogP contribution in [0.15, 0.2) is 78.9 Å². The Bertz CT molecular complexity index is 1120. The van der Waals surface area contributed by atoms with Gasteiger partial charge < -0.3 is 24.1 Å². The Hall–Kier alpha value is -4.10. The minimum absolute atomic E-state index is 0.234. The Morgan fingerprint density at radius 3 is 1.97 bits per heavy atom. The third-order valence-electron chi connectivity index (χ3n) is 5.19. The van der Waals surface area contributed by atoms with Crippen LogP contribution in [-0.4, -0.2) is 37.4 Å². The normalized spacial score (nSPS) is 10.7. The lowest BCUT2D eigenvalue weighted by Crippen LogP contribution is -2.09. The predicted molar refractivity (Wildman–Crippen MR) is 137 cm³/mol. The summed E-state index contributed by atoms with van der Waals surface area (Å²) in [7, 11) is 1.56. The van der Waals surface area contributed by atoms with Gasteiger partial charge in [0.05, 0.1) is 19.3 Å². The number of hydrogen-bond donors (Lipinski definition) is 1. The molecule has 0 saturated heterocycles. The molecule has 0 aromatic heterocycles. The van der Waals surface area contributed by atoms with Crippen LogP contribution in [0.5, 0.6) is 23.0 Å². The van der Waals surface area contributed by atoms with E-state index in [0.717, 1.165) is 37.0 Å². The fraction of sp³-hybridized carbons (Fsp3) is 0.241. The van der Waals surface area contributed by atoms with Crippen molar-refractivity contribution in [3.8, 4) is 23.0 Å². The van der Waals surface area contributed by atoms with Crippen molar-refractivity contribution < 1.29 is 33.6 Å². The van der Waals surface area contributed by atoms with Gasteiger partial charge in [0.2, 0.25) is 0 Å². The van der Waals surface area contributed by atoms with E-state index in [4.69, 9.17) is 24.1 Å². The molecule has 0 atom stereocenters. The second kappa shape index (κ2) is 14.3. The molecule has 7 heteroatoms. The zero-order valence-electron chi connectivity index (χ0n) is 20.2. The zero-order valence-corrected chi connectivity index (χ0v) is 20.2. The van der Waals surface area contributed by atoms with Crippen molar-refractivity contribution in [2.75, 3.05) is 20.3 Å². The quantitative estimate of drug-likeness (QED) is 0.147. The van der Waals surface area contributed by atoms with E-state index < -0.39 is 11.9 Å². The first-order chi connectivity index (χ1) is 17.6. The average Bonchev–Trinajstić information content (AvgIpc) is 2.91. The van der Waals surface area contributed by atoms with E-state index >= 15 is 0 Å². The molecule has 0 amide bonds. The Morgan fingerprint density at radius 2 is 1.31 bits per heavy atom. The standard InChI is InChI=1S/C29H30O7/c1-33-24-15-17-27(18-16-24)36-29(32)23-9-13-26(14-10-23)35-28(31)19-8-22-6-11-25(12-7-22)34-21-5-3-2-4-20-30/h6-19,30H,2-5,20-21H2,1H3/b19-8+. The van der Waals surface area contributed by atoms with Gasteiger partial charge in [0, 0.05) is 12.7 Å². The number of carbonyl (C=O) groups excluding carboxylic acids is 2. The Labute approximate surface area is 210 Å². The summed E-state index contributed by atoms with van der Waals surface area (Å²) in [5, 5.41) is 8.78. The molecule has 0 unspecified atom stereocenters. The smallest absolute Gasteiger partial charge is 0.343 e. The summed E-state index contributed by atoms with van der Waals surface area (Å²) in [5.74, 6) is 1.09. The number of rotatable bonds is 13. The molecular formula is C29H30O7. The van der Waals surface area contributed by atoms with E-state index in [9.17, 15) is 9.59 Å². The molecule has 0 fully saturated rings. The fourth-order valence-electron chi connectivity index (χ4n) is 3.22. The molecule has 7 nitrogen and oxygen atoms in total. The van der Waals surface area contributed by atoms with Crippen LogP contribution < -0.4 is 18.9 Å².